The molecule has 1 amide bonds. The molecule has 2 aromatic heterocycles. The zero-order chi connectivity index (χ0) is 18.1. The summed E-state index contributed by atoms with van der Waals surface area (Å²) in [7, 11) is -3.57. The van der Waals surface area contributed by atoms with Crippen molar-refractivity contribution in [3.8, 4) is 5.82 Å². The van der Waals surface area contributed by atoms with Crippen molar-refractivity contribution < 1.29 is 13.2 Å². The highest BCUT2D eigenvalue weighted by molar-refractivity contribution is 7.90. The molecular formula is C16H14N6O3S. The van der Waals surface area contributed by atoms with Crippen molar-refractivity contribution in [1.29, 1.82) is 0 Å². The lowest BCUT2D eigenvalue weighted by Crippen LogP contribution is -2.41. The number of pyridine rings is 1. The van der Waals surface area contributed by atoms with Crippen LogP contribution in [0.1, 0.15) is 0 Å². The highest BCUT2D eigenvalue weighted by Gasteiger charge is 2.30. The predicted octanol–water partition coefficient (Wildman–Crippen LogP) is 0.703. The van der Waals surface area contributed by atoms with E-state index < -0.39 is 15.9 Å². The third kappa shape index (κ3) is 3.02. The van der Waals surface area contributed by atoms with Crippen LogP contribution in [0.2, 0.25) is 0 Å². The van der Waals surface area contributed by atoms with E-state index in [0.717, 1.165) is 0 Å². The van der Waals surface area contributed by atoms with Crippen LogP contribution in [0.15, 0.2) is 65.1 Å². The molecule has 0 saturated carbocycles. The molecule has 2 aliphatic rings. The molecular weight excluding hydrogens is 356 g/mol. The molecule has 2 aliphatic heterocycles. The van der Waals surface area contributed by atoms with Gasteiger partial charge in [0.25, 0.3) is 15.9 Å². The molecule has 0 spiro atoms. The number of amides is 1. The van der Waals surface area contributed by atoms with Crippen LogP contribution >= 0.6 is 0 Å². The van der Waals surface area contributed by atoms with E-state index in [0.29, 0.717) is 11.5 Å². The van der Waals surface area contributed by atoms with Crippen molar-refractivity contribution >= 4 is 27.5 Å². The number of carbonyl (C=O) groups is 1. The van der Waals surface area contributed by atoms with Crippen molar-refractivity contribution in [1.82, 2.24) is 19.7 Å². The van der Waals surface area contributed by atoms with Crippen molar-refractivity contribution in [2.24, 2.45) is 4.40 Å². The first-order valence-corrected chi connectivity index (χ1v) is 9.39. The lowest BCUT2D eigenvalue weighted by molar-refractivity contribution is -0.112. The number of carbonyl (C=O) groups excluding carboxylic acids is 1. The van der Waals surface area contributed by atoms with Crippen molar-refractivity contribution in [2.45, 2.75) is 0 Å². The van der Waals surface area contributed by atoms with E-state index in [1.807, 2.05) is 0 Å². The van der Waals surface area contributed by atoms with E-state index in [9.17, 15) is 13.2 Å². The summed E-state index contributed by atoms with van der Waals surface area (Å²) in [5, 5.41) is 6.88. The van der Waals surface area contributed by atoms with Crippen LogP contribution in [0, 0.1) is 0 Å². The van der Waals surface area contributed by atoms with Gasteiger partial charge in [-0.15, -0.1) is 4.40 Å². The van der Waals surface area contributed by atoms with Crippen LogP contribution in [0.3, 0.4) is 0 Å². The molecule has 2 aromatic rings. The van der Waals surface area contributed by atoms with Gasteiger partial charge in [-0.3, -0.25) is 4.79 Å². The number of nitrogens with zero attached hydrogens (tertiary/aromatic N) is 5. The number of rotatable bonds is 3. The molecule has 0 saturated heterocycles. The van der Waals surface area contributed by atoms with Gasteiger partial charge in [0.15, 0.2) is 11.7 Å². The molecule has 1 N–H and O–H groups in total. The second-order valence-electron chi connectivity index (χ2n) is 5.60. The molecule has 0 unspecified atom stereocenters. The molecule has 9 nitrogen and oxygen atoms in total. The summed E-state index contributed by atoms with van der Waals surface area (Å²) in [5.41, 5.74) is 0.619. The SMILES string of the molecule is O=C(Nc1cccnc1-n1cccn1)C1=CC=CN2CCS(=O)(=O)N=C12. The second kappa shape index (κ2) is 6.23. The molecule has 10 heteroatoms. The smallest absolute Gasteiger partial charge is 0.259 e. The number of sulfonamides is 1. The van der Waals surface area contributed by atoms with E-state index >= 15 is 0 Å². The van der Waals surface area contributed by atoms with Crippen molar-refractivity contribution in [3.63, 3.8) is 0 Å². The number of hydrogen-bond donors (Lipinski definition) is 1. The number of allylic oxidation sites excluding steroid dienone is 2. The molecule has 0 fully saturated rings. The molecule has 4 rings (SSSR count). The third-order valence-corrected chi connectivity index (χ3v) is 5.01. The van der Waals surface area contributed by atoms with E-state index in [1.54, 1.807) is 54.0 Å². The van der Waals surface area contributed by atoms with Crippen LogP contribution < -0.4 is 5.32 Å². The summed E-state index contributed by atoms with van der Waals surface area (Å²) in [6.07, 6.45) is 9.83. The summed E-state index contributed by atoms with van der Waals surface area (Å²) in [5.74, 6) is 0.0205. The fourth-order valence-electron chi connectivity index (χ4n) is 2.65. The van der Waals surface area contributed by atoms with Gasteiger partial charge in [0.1, 0.15) is 0 Å². The van der Waals surface area contributed by atoms with Gasteiger partial charge in [-0.1, -0.05) is 0 Å². The Morgan fingerprint density at radius 2 is 2.12 bits per heavy atom. The first-order chi connectivity index (χ1) is 12.5. The second-order valence-corrected chi connectivity index (χ2v) is 7.35. The van der Waals surface area contributed by atoms with Gasteiger partial charge < -0.3 is 10.2 Å². The Hall–Kier alpha value is -3.27. The summed E-state index contributed by atoms with van der Waals surface area (Å²) in [6, 6.07) is 5.12. The Kier molecular flexibility index (Phi) is 3.88. The minimum atomic E-state index is -3.57. The molecule has 0 aromatic carbocycles. The lowest BCUT2D eigenvalue weighted by atomic mass is 10.1. The van der Waals surface area contributed by atoms with E-state index in [-0.39, 0.29) is 23.7 Å². The zero-order valence-electron chi connectivity index (χ0n) is 13.5. The van der Waals surface area contributed by atoms with E-state index in [4.69, 9.17) is 0 Å². The quantitative estimate of drug-likeness (QED) is 0.852. The Morgan fingerprint density at radius 3 is 2.92 bits per heavy atom. The molecule has 0 atom stereocenters. The van der Waals surface area contributed by atoms with Gasteiger partial charge in [-0.2, -0.15) is 5.10 Å². The summed E-state index contributed by atoms with van der Waals surface area (Å²) >= 11 is 0. The minimum Gasteiger partial charge on any atom is -0.331 e. The standard InChI is InChI=1S/C16H14N6O3S/c23-16(12-4-2-8-21-10-11-26(24,25)20-14(12)21)19-13-5-1-6-17-15(13)22-9-3-7-18-22/h1-9H,10-11H2,(H,19,23). The molecule has 0 bridgehead atoms. The Morgan fingerprint density at radius 1 is 1.23 bits per heavy atom. The van der Waals surface area contributed by atoms with Crippen LogP contribution in [0.25, 0.3) is 5.82 Å². The number of nitrogens with one attached hydrogen (secondary N) is 1. The third-order valence-electron chi connectivity index (χ3n) is 3.86. The van der Waals surface area contributed by atoms with Crippen LogP contribution in [-0.2, 0) is 14.8 Å². The van der Waals surface area contributed by atoms with Gasteiger partial charge in [-0.05, 0) is 30.4 Å². The Balaban J connectivity index is 1.67. The normalized spacial score (nSPS) is 17.9. The number of hydrogen-bond acceptors (Lipinski definition) is 6. The van der Waals surface area contributed by atoms with Gasteiger partial charge in [0, 0.05) is 31.3 Å². The van der Waals surface area contributed by atoms with Gasteiger partial charge in [0.05, 0.1) is 17.0 Å². The summed E-state index contributed by atoms with van der Waals surface area (Å²) < 4.78 is 28.9. The highest BCUT2D eigenvalue weighted by atomic mass is 32.2. The average Bonchev–Trinajstić information content (AvgIpc) is 3.15. The Bertz CT molecular complexity index is 1050. The number of aromatic nitrogens is 3. The van der Waals surface area contributed by atoms with E-state index in [1.165, 1.54) is 10.8 Å². The van der Waals surface area contributed by atoms with Crippen molar-refractivity contribution in [2.75, 3.05) is 17.6 Å². The zero-order valence-corrected chi connectivity index (χ0v) is 14.3. The molecule has 0 radical (unpaired) electrons. The first kappa shape index (κ1) is 16.2. The Labute approximate surface area is 149 Å². The van der Waals surface area contributed by atoms with E-state index in [2.05, 4.69) is 19.8 Å². The fourth-order valence-corrected chi connectivity index (χ4v) is 3.64. The van der Waals surface area contributed by atoms with Crippen LogP contribution in [0.5, 0.6) is 0 Å². The lowest BCUT2D eigenvalue weighted by Gasteiger charge is -2.28. The fraction of sp³-hybridized carbons (Fsp3) is 0.125. The monoisotopic (exact) mass is 370 g/mol. The molecule has 26 heavy (non-hydrogen) atoms. The summed E-state index contributed by atoms with van der Waals surface area (Å²) in [6.45, 7) is 0.258. The number of fused-ring (bicyclic) bond motifs is 1. The van der Waals surface area contributed by atoms with Crippen molar-refractivity contribution in [3.05, 3.63) is 60.7 Å². The topological polar surface area (TPSA) is 110 Å². The predicted molar refractivity (Wildman–Crippen MR) is 95.1 cm³/mol. The maximum atomic E-state index is 12.8. The van der Waals surface area contributed by atoms with Crippen LogP contribution in [0.4, 0.5) is 5.69 Å². The molecule has 0 aliphatic carbocycles. The van der Waals surface area contributed by atoms with Gasteiger partial charge in [0.2, 0.25) is 0 Å². The number of amidine groups is 1. The van der Waals surface area contributed by atoms with Crippen LogP contribution in [-0.4, -0.2) is 52.1 Å². The maximum absolute atomic E-state index is 12.8. The number of anilines is 1. The summed E-state index contributed by atoms with van der Waals surface area (Å²) in [4.78, 5) is 18.7. The first-order valence-electron chi connectivity index (χ1n) is 7.78. The molecule has 132 valence electrons. The van der Waals surface area contributed by atoms with Gasteiger partial charge >= 0.3 is 0 Å². The minimum absolute atomic E-state index is 0.0816. The molecule has 4 heterocycles. The highest BCUT2D eigenvalue weighted by Crippen LogP contribution is 2.21. The maximum Gasteiger partial charge on any atom is 0.259 e. The van der Waals surface area contributed by atoms with Gasteiger partial charge in [-0.25, -0.2) is 18.1 Å². The largest absolute Gasteiger partial charge is 0.331 e. The average molecular weight is 370 g/mol.